The number of amides is 2. The normalized spacial score (nSPS) is 20.6. The second-order valence-corrected chi connectivity index (χ2v) is 7.23. The van der Waals surface area contributed by atoms with Gasteiger partial charge in [0.2, 0.25) is 17.7 Å². The van der Waals surface area contributed by atoms with E-state index in [1.165, 1.54) is 12.8 Å². The minimum atomic E-state index is -0.244. The maximum Gasteiger partial charge on any atom is 0.249 e. The van der Waals surface area contributed by atoms with Crippen LogP contribution < -0.4 is 5.32 Å². The molecule has 1 atom stereocenters. The van der Waals surface area contributed by atoms with Crippen molar-refractivity contribution in [2.24, 2.45) is 11.8 Å². The number of hydrogen-bond acceptors (Lipinski definition) is 5. The summed E-state index contributed by atoms with van der Waals surface area (Å²) in [4.78, 5) is 31.2. The molecule has 2 amide bonds. The highest BCUT2D eigenvalue weighted by Crippen LogP contribution is 2.28. The number of aryl methyl sites for hydroxylation is 1. The van der Waals surface area contributed by atoms with Crippen molar-refractivity contribution in [2.45, 2.75) is 64.8 Å². The van der Waals surface area contributed by atoms with Crippen LogP contribution in [0.1, 0.15) is 69.6 Å². The number of likely N-dealkylation sites (tertiary alicyclic amines) is 1. The van der Waals surface area contributed by atoms with Crippen molar-refractivity contribution in [2.75, 3.05) is 13.1 Å². The van der Waals surface area contributed by atoms with Gasteiger partial charge in [0.05, 0.1) is 0 Å². The summed E-state index contributed by atoms with van der Waals surface area (Å²) in [6.07, 6.45) is 6.55. The SMILES string of the molecule is CC[C@H](NC(=O)C1CCN(C(=O)C2CCCC2)CC1)c1nc(C)no1. The summed E-state index contributed by atoms with van der Waals surface area (Å²) in [5, 5.41) is 6.82. The Bertz CT molecular complexity index is 601. The van der Waals surface area contributed by atoms with E-state index in [9.17, 15) is 9.59 Å². The van der Waals surface area contributed by atoms with Crippen molar-refractivity contribution in [3.8, 4) is 0 Å². The molecule has 0 bridgehead atoms. The number of nitrogens with zero attached hydrogens (tertiary/aromatic N) is 3. The average Bonchev–Trinajstić information content (AvgIpc) is 3.31. The van der Waals surface area contributed by atoms with E-state index in [2.05, 4.69) is 15.5 Å². The summed E-state index contributed by atoms with van der Waals surface area (Å²) in [5.74, 6) is 1.52. The molecule has 2 heterocycles. The Kier molecular flexibility index (Phi) is 5.71. The minimum Gasteiger partial charge on any atom is -0.344 e. The molecule has 1 aromatic heterocycles. The molecule has 0 spiro atoms. The van der Waals surface area contributed by atoms with Crippen LogP contribution in [0.25, 0.3) is 0 Å². The van der Waals surface area contributed by atoms with Gasteiger partial charge in [-0.15, -0.1) is 0 Å². The van der Waals surface area contributed by atoms with Crippen molar-refractivity contribution >= 4 is 11.8 Å². The Labute approximate surface area is 148 Å². The van der Waals surface area contributed by atoms with Gasteiger partial charge < -0.3 is 14.7 Å². The maximum atomic E-state index is 12.6. The van der Waals surface area contributed by atoms with Crippen LogP contribution in [-0.4, -0.2) is 39.9 Å². The van der Waals surface area contributed by atoms with Crippen LogP contribution in [0.5, 0.6) is 0 Å². The third-order valence-corrected chi connectivity index (χ3v) is 5.45. The van der Waals surface area contributed by atoms with E-state index in [0.29, 0.717) is 37.1 Å². The van der Waals surface area contributed by atoms with Crippen molar-refractivity contribution < 1.29 is 14.1 Å². The van der Waals surface area contributed by atoms with Gasteiger partial charge in [-0.3, -0.25) is 9.59 Å². The van der Waals surface area contributed by atoms with Crippen LogP contribution in [0.15, 0.2) is 4.52 Å². The van der Waals surface area contributed by atoms with Gasteiger partial charge in [0.1, 0.15) is 6.04 Å². The van der Waals surface area contributed by atoms with E-state index in [0.717, 1.165) is 25.7 Å². The zero-order chi connectivity index (χ0) is 17.8. The number of carbonyl (C=O) groups is 2. The number of aromatic nitrogens is 2. The third kappa shape index (κ3) is 4.19. The van der Waals surface area contributed by atoms with Gasteiger partial charge in [-0.25, -0.2) is 0 Å². The van der Waals surface area contributed by atoms with Crippen molar-refractivity contribution in [3.63, 3.8) is 0 Å². The molecule has 1 aromatic rings. The molecule has 0 radical (unpaired) electrons. The fraction of sp³-hybridized carbons (Fsp3) is 0.778. The standard InChI is InChI=1S/C18H28N4O3/c1-3-15(17-19-12(2)21-25-17)20-16(23)13-8-10-22(11-9-13)18(24)14-6-4-5-7-14/h13-15H,3-11H2,1-2H3,(H,20,23)/t15-/m0/s1. The minimum absolute atomic E-state index is 0.0238. The summed E-state index contributed by atoms with van der Waals surface area (Å²) >= 11 is 0. The zero-order valence-electron chi connectivity index (χ0n) is 15.2. The zero-order valence-corrected chi connectivity index (χ0v) is 15.2. The Hall–Kier alpha value is -1.92. The molecular weight excluding hydrogens is 320 g/mol. The first-order valence-electron chi connectivity index (χ1n) is 9.47. The molecule has 7 nitrogen and oxygen atoms in total. The van der Waals surface area contributed by atoms with Crippen LogP contribution >= 0.6 is 0 Å². The summed E-state index contributed by atoms with van der Waals surface area (Å²) in [7, 11) is 0. The first kappa shape index (κ1) is 17.9. The van der Waals surface area contributed by atoms with Gasteiger partial charge in [0.15, 0.2) is 5.82 Å². The lowest BCUT2D eigenvalue weighted by Crippen LogP contribution is -2.45. The van der Waals surface area contributed by atoms with E-state index in [1.54, 1.807) is 6.92 Å². The fourth-order valence-electron chi connectivity index (χ4n) is 3.88. The van der Waals surface area contributed by atoms with Crippen LogP contribution in [0, 0.1) is 18.8 Å². The molecule has 25 heavy (non-hydrogen) atoms. The summed E-state index contributed by atoms with van der Waals surface area (Å²) < 4.78 is 5.18. The van der Waals surface area contributed by atoms with Crippen molar-refractivity contribution in [1.29, 1.82) is 0 Å². The molecule has 1 saturated carbocycles. The Morgan fingerprint density at radius 1 is 1.20 bits per heavy atom. The Morgan fingerprint density at radius 3 is 2.44 bits per heavy atom. The van der Waals surface area contributed by atoms with Gasteiger partial charge in [-0.1, -0.05) is 24.9 Å². The molecule has 7 heteroatoms. The lowest BCUT2D eigenvalue weighted by molar-refractivity contribution is -0.139. The smallest absolute Gasteiger partial charge is 0.249 e. The fourth-order valence-corrected chi connectivity index (χ4v) is 3.88. The third-order valence-electron chi connectivity index (χ3n) is 5.45. The van der Waals surface area contributed by atoms with Crippen LogP contribution in [0.4, 0.5) is 0 Å². The molecule has 3 rings (SSSR count). The number of nitrogens with one attached hydrogen (secondary N) is 1. The van der Waals surface area contributed by atoms with E-state index in [4.69, 9.17) is 4.52 Å². The largest absolute Gasteiger partial charge is 0.344 e. The quantitative estimate of drug-likeness (QED) is 0.882. The van der Waals surface area contributed by atoms with Gasteiger partial charge >= 0.3 is 0 Å². The lowest BCUT2D eigenvalue weighted by atomic mass is 9.94. The van der Waals surface area contributed by atoms with E-state index in [-0.39, 0.29) is 23.8 Å². The molecule has 1 saturated heterocycles. The van der Waals surface area contributed by atoms with Crippen LogP contribution in [0.3, 0.4) is 0 Å². The predicted octanol–water partition coefficient (Wildman–Crippen LogP) is 2.37. The number of rotatable bonds is 5. The van der Waals surface area contributed by atoms with Crippen LogP contribution in [-0.2, 0) is 9.59 Å². The second-order valence-electron chi connectivity index (χ2n) is 7.23. The highest BCUT2D eigenvalue weighted by molar-refractivity contribution is 5.81. The van der Waals surface area contributed by atoms with E-state index in [1.807, 2.05) is 11.8 Å². The summed E-state index contributed by atoms with van der Waals surface area (Å²) in [6, 6.07) is -0.244. The summed E-state index contributed by atoms with van der Waals surface area (Å²) in [6.45, 7) is 5.11. The molecule has 0 aromatic carbocycles. The van der Waals surface area contributed by atoms with E-state index < -0.39 is 0 Å². The molecule has 1 aliphatic heterocycles. The van der Waals surface area contributed by atoms with Crippen molar-refractivity contribution in [1.82, 2.24) is 20.4 Å². The summed E-state index contributed by atoms with van der Waals surface area (Å²) in [5.41, 5.74) is 0. The first-order valence-corrected chi connectivity index (χ1v) is 9.47. The lowest BCUT2D eigenvalue weighted by Gasteiger charge is -2.33. The van der Waals surface area contributed by atoms with Crippen molar-refractivity contribution in [3.05, 3.63) is 11.7 Å². The van der Waals surface area contributed by atoms with Crippen LogP contribution in [0.2, 0.25) is 0 Å². The molecule has 0 unspecified atom stereocenters. The second kappa shape index (κ2) is 7.97. The Morgan fingerprint density at radius 2 is 1.88 bits per heavy atom. The van der Waals surface area contributed by atoms with Gasteiger partial charge in [-0.2, -0.15) is 4.98 Å². The molecule has 2 aliphatic rings. The number of hydrogen-bond donors (Lipinski definition) is 1. The van der Waals surface area contributed by atoms with Gasteiger partial charge in [-0.05, 0) is 39.0 Å². The Balaban J connectivity index is 1.50. The van der Waals surface area contributed by atoms with Gasteiger partial charge in [0.25, 0.3) is 0 Å². The maximum absolute atomic E-state index is 12.6. The predicted molar refractivity (Wildman–Crippen MR) is 91.5 cm³/mol. The molecule has 2 fully saturated rings. The van der Waals surface area contributed by atoms with E-state index >= 15 is 0 Å². The molecule has 1 N–H and O–H groups in total. The molecule has 138 valence electrons. The molecule has 1 aliphatic carbocycles. The topological polar surface area (TPSA) is 88.3 Å². The highest BCUT2D eigenvalue weighted by Gasteiger charge is 2.32. The monoisotopic (exact) mass is 348 g/mol. The number of piperidine rings is 1. The van der Waals surface area contributed by atoms with Gasteiger partial charge in [0, 0.05) is 24.9 Å². The number of carbonyl (C=O) groups excluding carboxylic acids is 2. The highest BCUT2D eigenvalue weighted by atomic mass is 16.5. The average molecular weight is 348 g/mol. The first-order chi connectivity index (χ1) is 12.1. The molecular formula is C18H28N4O3.